The molecule has 0 atom stereocenters. The van der Waals surface area contributed by atoms with E-state index in [0.717, 1.165) is 6.54 Å². The summed E-state index contributed by atoms with van der Waals surface area (Å²) in [6.07, 6.45) is 4.92. The molecule has 0 radical (unpaired) electrons. The summed E-state index contributed by atoms with van der Waals surface area (Å²) in [5, 5.41) is 3.02. The van der Waals surface area contributed by atoms with Gasteiger partial charge in [0.1, 0.15) is 5.75 Å². The van der Waals surface area contributed by atoms with Crippen LogP contribution in [0, 0.1) is 5.41 Å². The number of rotatable bonds is 5. The standard InChI is InChI=1S/C16H24N2O2/c1-3-20-14-7-6-12(10-13(14)17)15(19)18-11-16(2)8-4-5-9-16/h6-7,10H,3-5,8-9,11,17H2,1-2H3,(H,18,19). The highest BCUT2D eigenvalue weighted by molar-refractivity contribution is 5.95. The van der Waals surface area contributed by atoms with Crippen LogP contribution in [0.3, 0.4) is 0 Å². The molecule has 0 unspecified atom stereocenters. The van der Waals surface area contributed by atoms with Gasteiger partial charge in [-0.2, -0.15) is 0 Å². The smallest absolute Gasteiger partial charge is 0.251 e. The second kappa shape index (κ2) is 6.16. The Kier molecular flexibility index (Phi) is 4.53. The first-order valence-corrected chi connectivity index (χ1v) is 7.34. The van der Waals surface area contributed by atoms with Crippen LogP contribution in [0.4, 0.5) is 5.69 Å². The van der Waals surface area contributed by atoms with E-state index in [9.17, 15) is 4.79 Å². The van der Waals surface area contributed by atoms with Crippen LogP contribution in [-0.4, -0.2) is 19.1 Å². The van der Waals surface area contributed by atoms with Crippen molar-refractivity contribution in [2.24, 2.45) is 5.41 Å². The lowest BCUT2D eigenvalue weighted by Crippen LogP contribution is -2.34. The molecule has 0 saturated heterocycles. The molecule has 1 aromatic carbocycles. The van der Waals surface area contributed by atoms with E-state index < -0.39 is 0 Å². The number of hydrogen-bond donors (Lipinski definition) is 2. The first kappa shape index (κ1) is 14.7. The van der Waals surface area contributed by atoms with Crippen molar-refractivity contribution in [3.8, 4) is 5.75 Å². The summed E-state index contributed by atoms with van der Waals surface area (Å²) in [7, 11) is 0. The Balaban J connectivity index is 1.97. The molecule has 0 aliphatic heterocycles. The molecular weight excluding hydrogens is 252 g/mol. The van der Waals surface area contributed by atoms with Crippen LogP contribution in [0.25, 0.3) is 0 Å². The van der Waals surface area contributed by atoms with Gasteiger partial charge in [0.2, 0.25) is 0 Å². The zero-order valence-corrected chi connectivity index (χ0v) is 12.4. The highest BCUT2D eigenvalue weighted by Gasteiger charge is 2.28. The molecule has 4 heteroatoms. The van der Waals surface area contributed by atoms with Gasteiger partial charge in [0, 0.05) is 12.1 Å². The molecule has 20 heavy (non-hydrogen) atoms. The Morgan fingerprint density at radius 1 is 1.40 bits per heavy atom. The molecule has 3 N–H and O–H groups in total. The molecule has 1 aromatic rings. The number of carbonyl (C=O) groups is 1. The van der Waals surface area contributed by atoms with E-state index >= 15 is 0 Å². The number of nitrogens with two attached hydrogens (primary N) is 1. The van der Waals surface area contributed by atoms with Crippen LogP contribution in [0.1, 0.15) is 49.9 Å². The van der Waals surface area contributed by atoms with Gasteiger partial charge in [-0.05, 0) is 43.4 Å². The van der Waals surface area contributed by atoms with Crippen molar-refractivity contribution in [1.29, 1.82) is 0 Å². The molecule has 1 saturated carbocycles. The van der Waals surface area contributed by atoms with Crippen LogP contribution in [0.15, 0.2) is 18.2 Å². The number of nitrogen functional groups attached to an aromatic ring is 1. The maximum absolute atomic E-state index is 12.2. The van der Waals surface area contributed by atoms with Gasteiger partial charge in [-0.15, -0.1) is 0 Å². The van der Waals surface area contributed by atoms with Crippen molar-refractivity contribution in [2.75, 3.05) is 18.9 Å². The van der Waals surface area contributed by atoms with E-state index in [0.29, 0.717) is 23.6 Å². The van der Waals surface area contributed by atoms with Crippen molar-refractivity contribution in [1.82, 2.24) is 5.32 Å². The summed E-state index contributed by atoms with van der Waals surface area (Å²) in [6, 6.07) is 5.19. The molecule has 1 aliphatic carbocycles. The van der Waals surface area contributed by atoms with Crippen molar-refractivity contribution in [3.05, 3.63) is 23.8 Å². The minimum atomic E-state index is -0.0622. The Morgan fingerprint density at radius 2 is 2.10 bits per heavy atom. The Labute approximate surface area is 120 Å². The highest BCUT2D eigenvalue weighted by Crippen LogP contribution is 2.36. The molecule has 4 nitrogen and oxygen atoms in total. The first-order valence-electron chi connectivity index (χ1n) is 7.34. The van der Waals surface area contributed by atoms with Gasteiger partial charge in [-0.25, -0.2) is 0 Å². The lowest BCUT2D eigenvalue weighted by atomic mass is 9.89. The molecule has 1 fully saturated rings. The lowest BCUT2D eigenvalue weighted by Gasteiger charge is -2.23. The summed E-state index contributed by atoms with van der Waals surface area (Å²) >= 11 is 0. The molecule has 0 heterocycles. The van der Waals surface area contributed by atoms with Gasteiger partial charge in [-0.3, -0.25) is 4.79 Å². The van der Waals surface area contributed by atoms with Crippen LogP contribution in [-0.2, 0) is 0 Å². The molecule has 0 spiro atoms. The van der Waals surface area contributed by atoms with Gasteiger partial charge < -0.3 is 15.8 Å². The molecule has 1 aliphatic rings. The number of carbonyl (C=O) groups excluding carboxylic acids is 1. The van der Waals surface area contributed by atoms with Crippen molar-refractivity contribution in [3.63, 3.8) is 0 Å². The third kappa shape index (κ3) is 3.44. The second-order valence-corrected chi connectivity index (χ2v) is 5.89. The SMILES string of the molecule is CCOc1ccc(C(=O)NCC2(C)CCCC2)cc1N. The zero-order chi connectivity index (χ0) is 14.6. The largest absolute Gasteiger partial charge is 0.492 e. The van der Waals surface area contributed by atoms with E-state index in [4.69, 9.17) is 10.5 Å². The monoisotopic (exact) mass is 276 g/mol. The third-order valence-electron chi connectivity index (χ3n) is 4.06. The molecule has 2 rings (SSSR count). The van der Waals surface area contributed by atoms with Crippen LogP contribution in [0.5, 0.6) is 5.75 Å². The van der Waals surface area contributed by atoms with Crippen molar-refractivity contribution >= 4 is 11.6 Å². The Bertz CT molecular complexity index is 479. The molecule has 110 valence electrons. The minimum absolute atomic E-state index is 0.0622. The normalized spacial score (nSPS) is 16.9. The van der Waals surface area contributed by atoms with E-state index in [1.54, 1.807) is 18.2 Å². The fourth-order valence-corrected chi connectivity index (χ4v) is 2.78. The Morgan fingerprint density at radius 3 is 2.70 bits per heavy atom. The highest BCUT2D eigenvalue weighted by atomic mass is 16.5. The van der Waals surface area contributed by atoms with Gasteiger partial charge in [0.25, 0.3) is 5.91 Å². The maximum atomic E-state index is 12.2. The van der Waals surface area contributed by atoms with Gasteiger partial charge in [0.05, 0.1) is 12.3 Å². The van der Waals surface area contributed by atoms with Crippen LogP contribution in [0.2, 0.25) is 0 Å². The van der Waals surface area contributed by atoms with Crippen LogP contribution >= 0.6 is 0 Å². The molecule has 0 bridgehead atoms. The molecule has 0 aromatic heterocycles. The first-order chi connectivity index (χ1) is 9.54. The number of benzene rings is 1. The Hall–Kier alpha value is -1.71. The summed E-state index contributed by atoms with van der Waals surface area (Å²) < 4.78 is 5.37. The predicted molar refractivity (Wildman–Crippen MR) is 80.9 cm³/mol. The predicted octanol–water partition coefficient (Wildman–Crippen LogP) is 2.98. The number of ether oxygens (including phenoxy) is 1. The van der Waals surface area contributed by atoms with E-state index in [2.05, 4.69) is 12.2 Å². The zero-order valence-electron chi connectivity index (χ0n) is 12.4. The summed E-state index contributed by atoms with van der Waals surface area (Å²) in [6.45, 7) is 5.45. The van der Waals surface area contributed by atoms with Crippen molar-refractivity contribution < 1.29 is 9.53 Å². The van der Waals surface area contributed by atoms with Crippen LogP contribution < -0.4 is 15.8 Å². The quantitative estimate of drug-likeness (QED) is 0.813. The average molecular weight is 276 g/mol. The van der Waals surface area contributed by atoms with E-state index in [1.807, 2.05) is 6.92 Å². The summed E-state index contributed by atoms with van der Waals surface area (Å²) in [4.78, 5) is 12.2. The minimum Gasteiger partial charge on any atom is -0.492 e. The van der Waals surface area contributed by atoms with Gasteiger partial charge in [-0.1, -0.05) is 19.8 Å². The van der Waals surface area contributed by atoms with E-state index in [-0.39, 0.29) is 11.3 Å². The van der Waals surface area contributed by atoms with E-state index in [1.165, 1.54) is 25.7 Å². The van der Waals surface area contributed by atoms with Gasteiger partial charge >= 0.3 is 0 Å². The number of anilines is 1. The maximum Gasteiger partial charge on any atom is 0.251 e. The third-order valence-corrected chi connectivity index (χ3v) is 4.06. The summed E-state index contributed by atoms with van der Waals surface area (Å²) in [5.74, 6) is 0.569. The summed E-state index contributed by atoms with van der Waals surface area (Å²) in [5.41, 5.74) is 7.24. The number of hydrogen-bond acceptors (Lipinski definition) is 3. The fraction of sp³-hybridized carbons (Fsp3) is 0.562. The average Bonchev–Trinajstić information content (AvgIpc) is 2.86. The molecule has 1 amide bonds. The molecular formula is C16H24N2O2. The fourth-order valence-electron chi connectivity index (χ4n) is 2.78. The topological polar surface area (TPSA) is 64.3 Å². The number of nitrogens with one attached hydrogen (secondary N) is 1. The number of amides is 1. The van der Waals surface area contributed by atoms with Gasteiger partial charge in [0.15, 0.2) is 0 Å². The van der Waals surface area contributed by atoms with Crippen molar-refractivity contribution in [2.45, 2.75) is 39.5 Å². The second-order valence-electron chi connectivity index (χ2n) is 5.89. The lowest BCUT2D eigenvalue weighted by molar-refractivity contribution is 0.0934.